The normalized spacial score (nSPS) is 17.6. The second kappa shape index (κ2) is 7.31. The summed E-state index contributed by atoms with van der Waals surface area (Å²) in [7, 11) is 0. The minimum absolute atomic E-state index is 0.0974. The lowest BCUT2D eigenvalue weighted by molar-refractivity contribution is -0.123. The highest BCUT2D eigenvalue weighted by atomic mass is 35.5. The quantitative estimate of drug-likeness (QED) is 0.872. The second-order valence-electron chi connectivity index (χ2n) is 5.27. The predicted molar refractivity (Wildman–Crippen MR) is 79.9 cm³/mol. The fraction of sp³-hybridized carbons (Fsp3) is 0.750. The van der Waals surface area contributed by atoms with E-state index in [9.17, 15) is 4.79 Å². The molecule has 0 aromatic carbocycles. The van der Waals surface area contributed by atoms with E-state index in [0.29, 0.717) is 10.9 Å². The molecule has 0 atom stereocenters. The van der Waals surface area contributed by atoms with Gasteiger partial charge in [-0.15, -0.1) is 5.10 Å². The lowest BCUT2D eigenvalue weighted by Crippen LogP contribution is -2.49. The van der Waals surface area contributed by atoms with Crippen molar-refractivity contribution in [2.75, 3.05) is 32.7 Å². The summed E-state index contributed by atoms with van der Waals surface area (Å²) in [5, 5.41) is 6.94. The molecule has 1 saturated heterocycles. The number of halogens is 1. The number of nitrogens with one attached hydrogen (secondary N) is 1. The van der Waals surface area contributed by atoms with Crippen molar-refractivity contribution in [2.45, 2.75) is 26.4 Å². The fourth-order valence-electron chi connectivity index (χ4n) is 2.18. The van der Waals surface area contributed by atoms with Crippen LogP contribution in [0.4, 0.5) is 0 Å². The maximum absolute atomic E-state index is 11.7. The van der Waals surface area contributed by atoms with Crippen LogP contribution >= 0.6 is 23.1 Å². The molecule has 1 aliphatic heterocycles. The SMILES string of the molecule is CC(C)NC(=O)CN1CCN(Cc2nnsc2Cl)CC1. The third-order valence-corrected chi connectivity index (χ3v) is 4.15. The Hall–Kier alpha value is -0.760. The number of rotatable bonds is 5. The molecule has 112 valence electrons. The van der Waals surface area contributed by atoms with Crippen LogP contribution in [0.1, 0.15) is 19.5 Å². The Kier molecular flexibility index (Phi) is 5.71. The molecule has 20 heavy (non-hydrogen) atoms. The summed E-state index contributed by atoms with van der Waals surface area (Å²) in [6, 6.07) is 0.197. The van der Waals surface area contributed by atoms with Crippen LogP contribution in [0.2, 0.25) is 4.34 Å². The second-order valence-corrected chi connectivity index (χ2v) is 6.62. The monoisotopic (exact) mass is 317 g/mol. The molecule has 2 rings (SSSR count). The molecule has 1 amide bonds. The average Bonchev–Trinajstić information content (AvgIpc) is 2.76. The Morgan fingerprint density at radius 3 is 2.55 bits per heavy atom. The number of piperazine rings is 1. The summed E-state index contributed by atoms with van der Waals surface area (Å²) in [5.41, 5.74) is 0.850. The van der Waals surface area contributed by atoms with E-state index >= 15 is 0 Å². The lowest BCUT2D eigenvalue weighted by atomic mass is 10.3. The van der Waals surface area contributed by atoms with Gasteiger partial charge in [-0.2, -0.15) is 0 Å². The molecule has 1 aromatic rings. The van der Waals surface area contributed by atoms with Crippen LogP contribution < -0.4 is 5.32 Å². The summed E-state index contributed by atoms with van der Waals surface area (Å²) in [6.07, 6.45) is 0. The number of nitrogens with zero attached hydrogens (tertiary/aromatic N) is 4. The first-order chi connectivity index (χ1) is 9.54. The van der Waals surface area contributed by atoms with Crippen LogP contribution in [0.15, 0.2) is 0 Å². The smallest absolute Gasteiger partial charge is 0.234 e. The van der Waals surface area contributed by atoms with Crippen LogP contribution in [0.5, 0.6) is 0 Å². The third kappa shape index (κ3) is 4.66. The Labute approximate surface area is 128 Å². The molecule has 0 radical (unpaired) electrons. The molecule has 1 aliphatic rings. The molecule has 6 nitrogen and oxygen atoms in total. The zero-order valence-electron chi connectivity index (χ0n) is 11.8. The van der Waals surface area contributed by atoms with Gasteiger partial charge >= 0.3 is 0 Å². The molecule has 2 heterocycles. The van der Waals surface area contributed by atoms with Gasteiger partial charge in [-0.3, -0.25) is 14.6 Å². The molecule has 8 heteroatoms. The van der Waals surface area contributed by atoms with Gasteiger partial charge in [0.05, 0.1) is 6.54 Å². The van der Waals surface area contributed by atoms with Gasteiger partial charge in [0.25, 0.3) is 0 Å². The number of hydrogen-bond acceptors (Lipinski definition) is 6. The van der Waals surface area contributed by atoms with Gasteiger partial charge in [-0.05, 0) is 13.8 Å². The van der Waals surface area contributed by atoms with Crippen molar-refractivity contribution in [1.82, 2.24) is 24.7 Å². The Balaban J connectivity index is 1.72. The zero-order valence-corrected chi connectivity index (χ0v) is 13.4. The third-order valence-electron chi connectivity index (χ3n) is 3.16. The highest BCUT2D eigenvalue weighted by Crippen LogP contribution is 2.19. The van der Waals surface area contributed by atoms with E-state index in [0.717, 1.165) is 38.4 Å². The first kappa shape index (κ1) is 15.6. The lowest BCUT2D eigenvalue weighted by Gasteiger charge is -2.33. The van der Waals surface area contributed by atoms with Crippen molar-refractivity contribution in [1.29, 1.82) is 0 Å². The van der Waals surface area contributed by atoms with E-state index in [-0.39, 0.29) is 11.9 Å². The number of amides is 1. The van der Waals surface area contributed by atoms with Crippen LogP contribution in [0, 0.1) is 0 Å². The molecule has 0 bridgehead atoms. The highest BCUT2D eigenvalue weighted by Gasteiger charge is 2.20. The van der Waals surface area contributed by atoms with Crippen molar-refractivity contribution in [3.8, 4) is 0 Å². The van der Waals surface area contributed by atoms with Crippen LogP contribution in [-0.2, 0) is 11.3 Å². The van der Waals surface area contributed by atoms with Crippen LogP contribution in [0.25, 0.3) is 0 Å². The molecule has 1 aromatic heterocycles. The van der Waals surface area contributed by atoms with E-state index in [1.54, 1.807) is 0 Å². The first-order valence-electron chi connectivity index (χ1n) is 6.75. The van der Waals surface area contributed by atoms with E-state index in [2.05, 4.69) is 24.7 Å². The molecular formula is C12H20ClN5OS. The number of hydrogen-bond donors (Lipinski definition) is 1. The van der Waals surface area contributed by atoms with Crippen LogP contribution in [-0.4, -0.2) is 64.1 Å². The molecule has 0 unspecified atom stereocenters. The van der Waals surface area contributed by atoms with Gasteiger partial charge in [0.15, 0.2) is 0 Å². The van der Waals surface area contributed by atoms with Crippen molar-refractivity contribution in [2.24, 2.45) is 0 Å². The molecule has 0 spiro atoms. The number of carbonyl (C=O) groups is 1. The van der Waals surface area contributed by atoms with Crippen molar-refractivity contribution < 1.29 is 4.79 Å². The predicted octanol–water partition coefficient (Wildman–Crippen LogP) is 0.834. The Morgan fingerprint density at radius 2 is 2.00 bits per heavy atom. The van der Waals surface area contributed by atoms with Crippen LogP contribution in [0.3, 0.4) is 0 Å². The van der Waals surface area contributed by atoms with Crippen molar-refractivity contribution >= 4 is 29.0 Å². The number of aromatic nitrogens is 2. The van der Waals surface area contributed by atoms with E-state index in [4.69, 9.17) is 11.6 Å². The van der Waals surface area contributed by atoms with Gasteiger partial charge in [0.1, 0.15) is 10.0 Å². The van der Waals surface area contributed by atoms with Gasteiger partial charge in [0, 0.05) is 50.3 Å². The van der Waals surface area contributed by atoms with E-state index in [1.807, 2.05) is 13.8 Å². The van der Waals surface area contributed by atoms with E-state index < -0.39 is 0 Å². The minimum atomic E-state index is 0.0974. The molecule has 1 N–H and O–H groups in total. The van der Waals surface area contributed by atoms with Gasteiger partial charge < -0.3 is 5.32 Å². The molecule has 0 aliphatic carbocycles. The Bertz CT molecular complexity index is 445. The fourth-order valence-corrected chi connectivity index (χ4v) is 2.79. The van der Waals surface area contributed by atoms with Crippen molar-refractivity contribution in [3.63, 3.8) is 0 Å². The van der Waals surface area contributed by atoms with Gasteiger partial charge in [0.2, 0.25) is 5.91 Å². The number of carbonyl (C=O) groups excluding carboxylic acids is 1. The van der Waals surface area contributed by atoms with Crippen molar-refractivity contribution in [3.05, 3.63) is 10.0 Å². The van der Waals surface area contributed by atoms with Gasteiger partial charge in [-0.25, -0.2) is 0 Å². The molecule has 0 saturated carbocycles. The summed E-state index contributed by atoms with van der Waals surface area (Å²) >= 11 is 7.23. The maximum atomic E-state index is 11.7. The van der Waals surface area contributed by atoms with Gasteiger partial charge in [-0.1, -0.05) is 16.1 Å². The summed E-state index contributed by atoms with van der Waals surface area (Å²) in [6.45, 7) is 8.78. The summed E-state index contributed by atoms with van der Waals surface area (Å²) < 4.78 is 4.51. The topological polar surface area (TPSA) is 61.4 Å². The standard InChI is InChI=1S/C12H20ClN5OS/c1-9(2)14-11(19)8-18-5-3-17(4-6-18)7-10-12(13)20-16-15-10/h9H,3-8H2,1-2H3,(H,14,19). The average molecular weight is 318 g/mol. The Morgan fingerprint density at radius 1 is 1.35 bits per heavy atom. The molecular weight excluding hydrogens is 298 g/mol. The van der Waals surface area contributed by atoms with E-state index in [1.165, 1.54) is 11.5 Å². The summed E-state index contributed by atoms with van der Waals surface area (Å²) in [5.74, 6) is 0.0974. The highest BCUT2D eigenvalue weighted by molar-refractivity contribution is 7.10. The summed E-state index contributed by atoms with van der Waals surface area (Å²) in [4.78, 5) is 16.2. The molecule has 1 fully saturated rings. The minimum Gasteiger partial charge on any atom is -0.353 e. The zero-order chi connectivity index (χ0) is 14.5. The largest absolute Gasteiger partial charge is 0.353 e. The first-order valence-corrected chi connectivity index (χ1v) is 7.90. The maximum Gasteiger partial charge on any atom is 0.234 e.